The van der Waals surface area contributed by atoms with Crippen molar-refractivity contribution in [2.45, 2.75) is 24.9 Å². The second-order valence-electron chi connectivity index (χ2n) is 4.21. The van der Waals surface area contributed by atoms with Gasteiger partial charge in [-0.1, -0.05) is 0 Å². The molecule has 2 rings (SSSR count). The van der Waals surface area contributed by atoms with Crippen LogP contribution < -0.4 is 5.32 Å². The van der Waals surface area contributed by atoms with Crippen LogP contribution >= 0.6 is 0 Å². The highest BCUT2D eigenvalue weighted by atomic mass is 16.5. The zero-order valence-corrected chi connectivity index (χ0v) is 9.72. The highest BCUT2D eigenvalue weighted by Gasteiger charge is 2.39. The first-order valence-electron chi connectivity index (χ1n) is 5.53. The minimum absolute atomic E-state index is 0.392. The zero-order valence-electron chi connectivity index (χ0n) is 9.72. The predicted octanol–water partition coefficient (Wildman–Crippen LogP) is -0.461. The Kier molecular flexibility index (Phi) is 3.39. The van der Waals surface area contributed by atoms with Crippen LogP contribution in [0.5, 0.6) is 0 Å². The number of hydrogen-bond donors (Lipinski definition) is 2. The van der Waals surface area contributed by atoms with E-state index in [-0.39, 0.29) is 0 Å². The Hall–Kier alpha value is -1.47. The first kappa shape index (κ1) is 12.0. The number of ether oxygens (including phenoxy) is 1. The molecule has 17 heavy (non-hydrogen) atoms. The van der Waals surface area contributed by atoms with Gasteiger partial charge in [0.25, 0.3) is 0 Å². The van der Waals surface area contributed by atoms with E-state index in [1.165, 1.54) is 0 Å². The van der Waals surface area contributed by atoms with Crippen LogP contribution in [0.2, 0.25) is 0 Å². The average Bonchev–Trinajstić information content (AvgIpc) is 2.73. The predicted molar refractivity (Wildman–Crippen MR) is 58.3 cm³/mol. The van der Waals surface area contributed by atoms with Crippen molar-refractivity contribution < 1.29 is 14.6 Å². The van der Waals surface area contributed by atoms with Crippen LogP contribution in [0.4, 0.5) is 0 Å². The second-order valence-corrected chi connectivity index (χ2v) is 4.21. The van der Waals surface area contributed by atoms with Crippen LogP contribution in [0, 0.1) is 0 Å². The summed E-state index contributed by atoms with van der Waals surface area (Å²) >= 11 is 0. The van der Waals surface area contributed by atoms with E-state index < -0.39 is 11.5 Å². The molecule has 0 bridgehead atoms. The standard InChI is InChI=1S/C10H16N4O3/c1-14-7-12-13-8(14)6-11-10(9(15)16)2-4-17-5-3-10/h7,11H,2-6H2,1H3,(H,15,16). The molecule has 1 saturated heterocycles. The molecule has 1 fully saturated rings. The summed E-state index contributed by atoms with van der Waals surface area (Å²) in [5.41, 5.74) is -0.899. The molecule has 0 aliphatic carbocycles. The van der Waals surface area contributed by atoms with Gasteiger partial charge >= 0.3 is 5.97 Å². The number of hydrogen-bond acceptors (Lipinski definition) is 5. The van der Waals surface area contributed by atoms with Crippen molar-refractivity contribution in [2.24, 2.45) is 7.05 Å². The van der Waals surface area contributed by atoms with E-state index in [0.717, 1.165) is 5.82 Å². The molecule has 0 saturated carbocycles. The maximum Gasteiger partial charge on any atom is 0.324 e. The van der Waals surface area contributed by atoms with Gasteiger partial charge in [0.15, 0.2) is 0 Å². The fourth-order valence-corrected chi connectivity index (χ4v) is 1.90. The van der Waals surface area contributed by atoms with Crippen molar-refractivity contribution in [3.05, 3.63) is 12.2 Å². The van der Waals surface area contributed by atoms with Crippen molar-refractivity contribution in [1.29, 1.82) is 0 Å². The minimum atomic E-state index is -0.899. The average molecular weight is 240 g/mol. The minimum Gasteiger partial charge on any atom is -0.480 e. The molecule has 0 amide bonds. The van der Waals surface area contributed by atoms with Gasteiger partial charge in [-0.2, -0.15) is 0 Å². The van der Waals surface area contributed by atoms with Crippen molar-refractivity contribution in [1.82, 2.24) is 20.1 Å². The molecule has 1 aromatic heterocycles. The molecule has 0 unspecified atom stereocenters. The lowest BCUT2D eigenvalue weighted by Gasteiger charge is -2.33. The molecule has 7 nitrogen and oxygen atoms in total. The highest BCUT2D eigenvalue weighted by Crippen LogP contribution is 2.21. The van der Waals surface area contributed by atoms with Gasteiger partial charge in [-0.3, -0.25) is 10.1 Å². The Balaban J connectivity index is 2.03. The van der Waals surface area contributed by atoms with Crippen LogP contribution in [0.1, 0.15) is 18.7 Å². The van der Waals surface area contributed by atoms with Crippen LogP contribution in [0.25, 0.3) is 0 Å². The van der Waals surface area contributed by atoms with Gasteiger partial charge < -0.3 is 14.4 Å². The number of carboxylic acid groups (broad SMARTS) is 1. The van der Waals surface area contributed by atoms with Crippen LogP contribution in [0.15, 0.2) is 6.33 Å². The third kappa shape index (κ3) is 2.45. The monoisotopic (exact) mass is 240 g/mol. The van der Waals surface area contributed by atoms with Crippen molar-refractivity contribution in [3.63, 3.8) is 0 Å². The third-order valence-electron chi connectivity index (χ3n) is 3.15. The van der Waals surface area contributed by atoms with Gasteiger partial charge in [-0.15, -0.1) is 10.2 Å². The molecule has 2 heterocycles. The third-order valence-corrected chi connectivity index (χ3v) is 3.15. The molecular weight excluding hydrogens is 224 g/mol. The lowest BCUT2D eigenvalue weighted by molar-refractivity contribution is -0.149. The summed E-state index contributed by atoms with van der Waals surface area (Å²) in [6.07, 6.45) is 2.54. The number of aryl methyl sites for hydroxylation is 1. The lowest BCUT2D eigenvalue weighted by atomic mass is 9.90. The summed E-state index contributed by atoms with van der Waals surface area (Å²) in [5, 5.41) is 20.1. The molecule has 0 radical (unpaired) electrons. The Bertz CT molecular complexity index is 398. The summed E-state index contributed by atoms with van der Waals surface area (Å²) in [4.78, 5) is 11.4. The first-order valence-corrected chi connectivity index (χ1v) is 5.53. The number of aliphatic carboxylic acids is 1. The van der Waals surface area contributed by atoms with Crippen molar-refractivity contribution >= 4 is 5.97 Å². The van der Waals surface area contributed by atoms with Gasteiger partial charge in [0.1, 0.15) is 17.7 Å². The first-order chi connectivity index (χ1) is 8.14. The van der Waals surface area contributed by atoms with E-state index in [9.17, 15) is 9.90 Å². The Morgan fingerprint density at radius 2 is 2.35 bits per heavy atom. The van der Waals surface area contributed by atoms with E-state index in [1.807, 2.05) is 7.05 Å². The summed E-state index contributed by atoms with van der Waals surface area (Å²) in [7, 11) is 1.83. The van der Waals surface area contributed by atoms with E-state index in [0.29, 0.717) is 32.6 Å². The molecule has 1 aliphatic heterocycles. The second kappa shape index (κ2) is 4.80. The molecular formula is C10H16N4O3. The smallest absolute Gasteiger partial charge is 0.324 e. The highest BCUT2D eigenvalue weighted by molar-refractivity contribution is 5.78. The molecule has 2 N–H and O–H groups in total. The quantitative estimate of drug-likeness (QED) is 0.740. The number of carbonyl (C=O) groups is 1. The fourth-order valence-electron chi connectivity index (χ4n) is 1.90. The van der Waals surface area contributed by atoms with E-state index in [1.54, 1.807) is 10.9 Å². The molecule has 0 spiro atoms. The molecule has 94 valence electrons. The van der Waals surface area contributed by atoms with Gasteiger partial charge in [-0.05, 0) is 12.8 Å². The lowest BCUT2D eigenvalue weighted by Crippen LogP contribution is -2.55. The number of rotatable bonds is 4. The Morgan fingerprint density at radius 1 is 1.65 bits per heavy atom. The van der Waals surface area contributed by atoms with Gasteiger partial charge in [0, 0.05) is 20.3 Å². The number of aromatic nitrogens is 3. The maximum absolute atomic E-state index is 11.4. The van der Waals surface area contributed by atoms with Crippen molar-refractivity contribution in [2.75, 3.05) is 13.2 Å². The molecule has 0 atom stereocenters. The Morgan fingerprint density at radius 3 is 2.88 bits per heavy atom. The van der Waals surface area contributed by atoms with E-state index >= 15 is 0 Å². The fraction of sp³-hybridized carbons (Fsp3) is 0.700. The van der Waals surface area contributed by atoms with E-state index in [2.05, 4.69) is 15.5 Å². The normalized spacial score (nSPS) is 19.1. The van der Waals surface area contributed by atoms with Crippen LogP contribution in [-0.2, 0) is 23.1 Å². The van der Waals surface area contributed by atoms with Crippen LogP contribution in [-0.4, -0.2) is 44.6 Å². The Labute approximate surface area is 98.8 Å². The number of nitrogens with zero attached hydrogens (tertiary/aromatic N) is 3. The van der Waals surface area contributed by atoms with Gasteiger partial charge in [0.2, 0.25) is 0 Å². The van der Waals surface area contributed by atoms with Gasteiger partial charge in [-0.25, -0.2) is 0 Å². The molecule has 7 heteroatoms. The topological polar surface area (TPSA) is 89.3 Å². The zero-order chi connectivity index (χ0) is 12.3. The maximum atomic E-state index is 11.4. The molecule has 1 aromatic rings. The number of carboxylic acids is 1. The molecule has 0 aromatic carbocycles. The summed E-state index contributed by atoms with van der Waals surface area (Å²) in [6.45, 7) is 1.33. The van der Waals surface area contributed by atoms with Crippen molar-refractivity contribution in [3.8, 4) is 0 Å². The number of nitrogens with one attached hydrogen (secondary N) is 1. The summed E-state index contributed by atoms with van der Waals surface area (Å²) in [5.74, 6) is -0.111. The SMILES string of the molecule is Cn1cnnc1CNC1(C(=O)O)CCOCC1. The van der Waals surface area contributed by atoms with Crippen LogP contribution in [0.3, 0.4) is 0 Å². The largest absolute Gasteiger partial charge is 0.480 e. The van der Waals surface area contributed by atoms with E-state index in [4.69, 9.17) is 4.74 Å². The molecule has 1 aliphatic rings. The van der Waals surface area contributed by atoms with Gasteiger partial charge in [0.05, 0.1) is 6.54 Å². The summed E-state index contributed by atoms with van der Waals surface area (Å²) in [6, 6.07) is 0. The summed E-state index contributed by atoms with van der Waals surface area (Å²) < 4.78 is 6.96.